The zero-order valence-corrected chi connectivity index (χ0v) is 17.7. The van der Waals surface area contributed by atoms with Crippen molar-refractivity contribution in [1.29, 1.82) is 0 Å². The summed E-state index contributed by atoms with van der Waals surface area (Å²) in [5, 5.41) is 3.13. The molecule has 3 rings (SSSR count). The fraction of sp³-hybridized carbons (Fsp3) is 0.619. The number of amides is 1. The van der Waals surface area contributed by atoms with E-state index in [1.54, 1.807) is 7.05 Å². The van der Waals surface area contributed by atoms with Crippen molar-refractivity contribution in [2.75, 3.05) is 59.6 Å². The number of likely N-dealkylation sites (tertiary alicyclic amines) is 1. The van der Waals surface area contributed by atoms with E-state index in [4.69, 9.17) is 9.47 Å². The van der Waals surface area contributed by atoms with Gasteiger partial charge >= 0.3 is 6.18 Å². The summed E-state index contributed by atoms with van der Waals surface area (Å²) >= 11 is 0. The summed E-state index contributed by atoms with van der Waals surface area (Å²) in [5.74, 6) is 0.677. The standard InChI is InChI=1S/C21H29F3N4O3/c1-25-20(26-8-13-31-18-5-3-2-4-17(18)21(22,23)24)28-9-6-16(7-10-28)19(29)27-11-14-30-15-12-27/h2-5,16H,6-15H2,1H3,(H,25,26). The minimum Gasteiger partial charge on any atom is -0.491 e. The Bertz CT molecular complexity index is 758. The number of benzene rings is 1. The smallest absolute Gasteiger partial charge is 0.419 e. The Balaban J connectivity index is 1.43. The van der Waals surface area contributed by atoms with Crippen LogP contribution in [0.2, 0.25) is 0 Å². The topological polar surface area (TPSA) is 66.4 Å². The number of carbonyl (C=O) groups excluding carboxylic acids is 1. The van der Waals surface area contributed by atoms with Gasteiger partial charge in [0.15, 0.2) is 5.96 Å². The summed E-state index contributed by atoms with van der Waals surface area (Å²) < 4.78 is 49.8. The average molecular weight is 442 g/mol. The number of para-hydroxylation sites is 1. The lowest BCUT2D eigenvalue weighted by atomic mass is 9.95. The normalized spacial score (nSPS) is 18.8. The largest absolute Gasteiger partial charge is 0.491 e. The number of alkyl halides is 3. The number of aliphatic imine (C=N–C) groups is 1. The highest BCUT2D eigenvalue weighted by atomic mass is 19.4. The van der Waals surface area contributed by atoms with Crippen LogP contribution in [0.25, 0.3) is 0 Å². The summed E-state index contributed by atoms with van der Waals surface area (Å²) in [4.78, 5) is 20.9. The van der Waals surface area contributed by atoms with Gasteiger partial charge in [0, 0.05) is 39.1 Å². The van der Waals surface area contributed by atoms with E-state index in [1.165, 1.54) is 18.2 Å². The summed E-state index contributed by atoms with van der Waals surface area (Å²) in [6.45, 7) is 4.26. The molecule has 2 saturated heterocycles. The molecule has 0 aromatic heterocycles. The van der Waals surface area contributed by atoms with Crippen LogP contribution < -0.4 is 10.1 Å². The van der Waals surface area contributed by atoms with Gasteiger partial charge in [-0.25, -0.2) is 0 Å². The first-order valence-corrected chi connectivity index (χ1v) is 10.5. The van der Waals surface area contributed by atoms with Crippen LogP contribution >= 0.6 is 0 Å². The maximum atomic E-state index is 13.0. The molecule has 2 heterocycles. The van der Waals surface area contributed by atoms with Crippen LogP contribution in [0.4, 0.5) is 13.2 Å². The monoisotopic (exact) mass is 442 g/mol. The van der Waals surface area contributed by atoms with E-state index in [0.29, 0.717) is 51.9 Å². The molecule has 1 aromatic rings. The maximum Gasteiger partial charge on any atom is 0.419 e. The summed E-state index contributed by atoms with van der Waals surface area (Å²) in [6.07, 6.45) is -2.97. The van der Waals surface area contributed by atoms with E-state index in [1.807, 2.05) is 4.90 Å². The van der Waals surface area contributed by atoms with Crippen molar-refractivity contribution in [1.82, 2.24) is 15.1 Å². The minimum absolute atomic E-state index is 0.00894. The van der Waals surface area contributed by atoms with Crippen molar-refractivity contribution >= 4 is 11.9 Å². The number of morpholine rings is 1. The summed E-state index contributed by atoms with van der Waals surface area (Å²) in [5.41, 5.74) is -0.786. The Hall–Kier alpha value is -2.49. The molecule has 31 heavy (non-hydrogen) atoms. The van der Waals surface area contributed by atoms with Gasteiger partial charge in [-0.05, 0) is 25.0 Å². The molecule has 10 heteroatoms. The molecule has 0 spiro atoms. The van der Waals surface area contributed by atoms with Gasteiger partial charge in [0.05, 0.1) is 25.3 Å². The number of hydrogen-bond donors (Lipinski definition) is 1. The molecule has 2 aliphatic rings. The number of hydrogen-bond acceptors (Lipinski definition) is 4. The van der Waals surface area contributed by atoms with Gasteiger partial charge in [-0.15, -0.1) is 0 Å². The quantitative estimate of drug-likeness (QED) is 0.431. The second-order valence-electron chi connectivity index (χ2n) is 7.52. The molecule has 2 aliphatic heterocycles. The number of nitrogens with one attached hydrogen (secondary N) is 1. The second kappa shape index (κ2) is 10.7. The maximum absolute atomic E-state index is 13.0. The molecule has 0 bridgehead atoms. The first-order chi connectivity index (χ1) is 14.9. The van der Waals surface area contributed by atoms with Crippen molar-refractivity contribution in [2.24, 2.45) is 10.9 Å². The molecule has 2 fully saturated rings. The van der Waals surface area contributed by atoms with Gasteiger partial charge in [-0.2, -0.15) is 13.2 Å². The highest BCUT2D eigenvalue weighted by Gasteiger charge is 2.34. The predicted molar refractivity (Wildman–Crippen MR) is 110 cm³/mol. The fourth-order valence-electron chi connectivity index (χ4n) is 3.86. The Morgan fingerprint density at radius 2 is 1.84 bits per heavy atom. The SMILES string of the molecule is CN=C(NCCOc1ccccc1C(F)(F)F)N1CCC(C(=O)N2CCOCC2)CC1. The zero-order chi connectivity index (χ0) is 22.3. The molecule has 0 saturated carbocycles. The average Bonchev–Trinajstić information content (AvgIpc) is 2.79. The third kappa shape index (κ3) is 6.25. The van der Waals surface area contributed by atoms with Gasteiger partial charge in [0.2, 0.25) is 5.91 Å². The van der Waals surface area contributed by atoms with Crippen LogP contribution in [0.3, 0.4) is 0 Å². The minimum atomic E-state index is -4.46. The molecule has 7 nitrogen and oxygen atoms in total. The lowest BCUT2D eigenvalue weighted by molar-refractivity contribution is -0.141. The zero-order valence-electron chi connectivity index (χ0n) is 17.7. The Morgan fingerprint density at radius 1 is 1.16 bits per heavy atom. The fourth-order valence-corrected chi connectivity index (χ4v) is 3.86. The number of piperidine rings is 1. The highest BCUT2D eigenvalue weighted by Crippen LogP contribution is 2.35. The number of nitrogens with zero attached hydrogens (tertiary/aromatic N) is 3. The number of halogens is 3. The van der Waals surface area contributed by atoms with Crippen molar-refractivity contribution in [3.05, 3.63) is 29.8 Å². The predicted octanol–water partition coefficient (Wildman–Crippen LogP) is 2.23. The van der Waals surface area contributed by atoms with Gasteiger partial charge in [0.1, 0.15) is 12.4 Å². The van der Waals surface area contributed by atoms with Crippen LogP contribution in [-0.4, -0.2) is 81.3 Å². The number of guanidine groups is 1. The van der Waals surface area contributed by atoms with E-state index in [0.717, 1.165) is 18.9 Å². The first-order valence-electron chi connectivity index (χ1n) is 10.5. The molecular formula is C21H29F3N4O3. The van der Waals surface area contributed by atoms with E-state index < -0.39 is 11.7 Å². The highest BCUT2D eigenvalue weighted by molar-refractivity contribution is 5.81. The summed E-state index contributed by atoms with van der Waals surface area (Å²) in [7, 11) is 1.66. The van der Waals surface area contributed by atoms with Crippen molar-refractivity contribution in [2.45, 2.75) is 19.0 Å². The van der Waals surface area contributed by atoms with E-state index in [-0.39, 0.29) is 24.2 Å². The van der Waals surface area contributed by atoms with Crippen molar-refractivity contribution in [3.8, 4) is 5.75 Å². The van der Waals surface area contributed by atoms with Crippen LogP contribution in [0.1, 0.15) is 18.4 Å². The van der Waals surface area contributed by atoms with Crippen LogP contribution in [-0.2, 0) is 15.7 Å². The van der Waals surface area contributed by atoms with Gasteiger partial charge in [-0.1, -0.05) is 12.1 Å². The van der Waals surface area contributed by atoms with E-state index in [2.05, 4.69) is 15.2 Å². The van der Waals surface area contributed by atoms with E-state index in [9.17, 15) is 18.0 Å². The number of ether oxygens (including phenoxy) is 2. The summed E-state index contributed by atoms with van der Waals surface area (Å²) in [6, 6.07) is 5.17. The van der Waals surface area contributed by atoms with Crippen LogP contribution in [0.15, 0.2) is 29.3 Å². The van der Waals surface area contributed by atoms with Crippen molar-refractivity contribution in [3.63, 3.8) is 0 Å². The number of rotatable bonds is 5. The lowest BCUT2D eigenvalue weighted by Gasteiger charge is -2.36. The first kappa shape index (κ1) is 23.2. The van der Waals surface area contributed by atoms with Gasteiger partial charge in [0.25, 0.3) is 0 Å². The Morgan fingerprint density at radius 3 is 2.48 bits per heavy atom. The molecular weight excluding hydrogens is 413 g/mol. The number of carbonyl (C=O) groups is 1. The molecule has 172 valence electrons. The van der Waals surface area contributed by atoms with E-state index >= 15 is 0 Å². The van der Waals surface area contributed by atoms with Gasteiger partial charge < -0.3 is 24.6 Å². The third-order valence-corrected chi connectivity index (χ3v) is 5.51. The molecule has 1 aromatic carbocycles. The molecule has 0 unspecified atom stereocenters. The molecule has 0 radical (unpaired) electrons. The Labute approximate surface area is 180 Å². The van der Waals surface area contributed by atoms with Crippen molar-refractivity contribution < 1.29 is 27.4 Å². The molecule has 1 amide bonds. The van der Waals surface area contributed by atoms with Crippen LogP contribution in [0.5, 0.6) is 5.75 Å². The second-order valence-corrected chi connectivity index (χ2v) is 7.52. The Kier molecular flexibility index (Phi) is 8.00. The molecule has 0 aliphatic carbocycles. The van der Waals surface area contributed by atoms with Gasteiger partial charge in [-0.3, -0.25) is 9.79 Å². The third-order valence-electron chi connectivity index (χ3n) is 5.51. The van der Waals surface area contributed by atoms with Crippen LogP contribution in [0, 0.1) is 5.92 Å². The lowest BCUT2D eigenvalue weighted by Crippen LogP contribution is -2.50. The molecule has 1 N–H and O–H groups in total. The molecule has 0 atom stereocenters.